The summed E-state index contributed by atoms with van der Waals surface area (Å²) >= 11 is 0. The number of fused-ring (bicyclic) bond motifs is 1. The van der Waals surface area contributed by atoms with Gasteiger partial charge in [0.15, 0.2) is 11.6 Å². The van der Waals surface area contributed by atoms with E-state index in [0.717, 1.165) is 17.0 Å². The van der Waals surface area contributed by atoms with Crippen LogP contribution in [0.1, 0.15) is 39.7 Å². The number of aromatic nitrogens is 6. The fourth-order valence-corrected chi connectivity index (χ4v) is 2.71. The third-order valence-corrected chi connectivity index (χ3v) is 4.40. The highest BCUT2D eigenvalue weighted by molar-refractivity contribution is 5.88. The summed E-state index contributed by atoms with van der Waals surface area (Å²) < 4.78 is 0. The monoisotopic (exact) mass is 338 g/mol. The van der Waals surface area contributed by atoms with Crippen molar-refractivity contribution in [2.75, 3.05) is 5.32 Å². The molecule has 0 spiro atoms. The molecule has 8 heteroatoms. The highest BCUT2D eigenvalue weighted by Crippen LogP contribution is 2.36. The quantitative estimate of drug-likeness (QED) is 0.669. The number of aliphatic imine (C=N–C) groups is 1. The average Bonchev–Trinajstić information content (AvgIpc) is 3.14. The third-order valence-electron chi connectivity index (χ3n) is 4.40. The molecule has 1 unspecified atom stereocenters. The topological polar surface area (TPSA) is 96.7 Å². The number of hydrogen-bond acceptors (Lipinski definition) is 6. The van der Waals surface area contributed by atoms with Crippen LogP contribution in [-0.2, 0) is 0 Å². The Morgan fingerprint density at radius 1 is 1.32 bits per heavy atom. The van der Waals surface area contributed by atoms with Crippen LogP contribution < -0.4 is 5.32 Å². The second-order valence-corrected chi connectivity index (χ2v) is 6.85. The maximum atomic E-state index is 4.63. The fraction of sp³-hybridized carbons (Fsp3) is 0.471. The largest absolute Gasteiger partial charge is 0.346 e. The van der Waals surface area contributed by atoms with E-state index >= 15 is 0 Å². The molecule has 0 aliphatic heterocycles. The second kappa shape index (κ2) is 6.27. The van der Waals surface area contributed by atoms with Crippen molar-refractivity contribution < 1.29 is 0 Å². The molecule has 25 heavy (non-hydrogen) atoms. The number of anilines is 2. The molecule has 3 aromatic rings. The molecule has 130 valence electrons. The molecule has 1 saturated carbocycles. The summed E-state index contributed by atoms with van der Waals surface area (Å²) in [6.45, 7) is 6.26. The van der Waals surface area contributed by atoms with Gasteiger partial charge in [0.05, 0.1) is 17.6 Å². The predicted molar refractivity (Wildman–Crippen MR) is 97.6 cm³/mol. The molecule has 3 heterocycles. The predicted octanol–water partition coefficient (Wildman–Crippen LogP) is 3.62. The highest BCUT2D eigenvalue weighted by atomic mass is 15.5. The van der Waals surface area contributed by atoms with Gasteiger partial charge in [-0.2, -0.15) is 19.9 Å². The van der Waals surface area contributed by atoms with Crippen LogP contribution in [0.2, 0.25) is 0 Å². The van der Waals surface area contributed by atoms with E-state index in [1.165, 1.54) is 12.8 Å². The van der Waals surface area contributed by atoms with Crippen LogP contribution in [0, 0.1) is 11.8 Å². The summed E-state index contributed by atoms with van der Waals surface area (Å²) in [5.41, 5.74) is 0.750. The van der Waals surface area contributed by atoms with E-state index in [-0.39, 0.29) is 6.04 Å². The Morgan fingerprint density at radius 2 is 2.16 bits per heavy atom. The number of H-pyrrole nitrogens is 1. The van der Waals surface area contributed by atoms with Crippen molar-refractivity contribution in [2.45, 2.75) is 39.7 Å². The number of rotatable bonds is 6. The molecule has 1 fully saturated rings. The van der Waals surface area contributed by atoms with E-state index < -0.39 is 0 Å². The van der Waals surface area contributed by atoms with Gasteiger partial charge in [-0.15, -0.1) is 5.10 Å². The minimum absolute atomic E-state index is 0.200. The Hall–Kier alpha value is -2.77. The van der Waals surface area contributed by atoms with E-state index in [9.17, 15) is 0 Å². The summed E-state index contributed by atoms with van der Waals surface area (Å²) in [6, 6.07) is 2.15. The van der Waals surface area contributed by atoms with Gasteiger partial charge in [0.1, 0.15) is 5.65 Å². The summed E-state index contributed by atoms with van der Waals surface area (Å²) in [7, 11) is 0. The van der Waals surface area contributed by atoms with Gasteiger partial charge in [-0.25, -0.2) is 4.99 Å². The second-order valence-electron chi connectivity index (χ2n) is 6.85. The molecule has 2 N–H and O–H groups in total. The molecular formula is C17H22N8. The van der Waals surface area contributed by atoms with E-state index in [2.05, 4.69) is 42.4 Å². The first-order valence-corrected chi connectivity index (χ1v) is 8.68. The maximum Gasteiger partial charge on any atom is 0.232 e. The van der Waals surface area contributed by atoms with Crippen LogP contribution in [0.3, 0.4) is 0 Å². The Morgan fingerprint density at radius 3 is 2.88 bits per heavy atom. The first-order chi connectivity index (χ1) is 12.1. The first kappa shape index (κ1) is 15.7. The Kier molecular flexibility index (Phi) is 3.95. The minimum Gasteiger partial charge on any atom is -0.346 e. The smallest absolute Gasteiger partial charge is 0.232 e. The van der Waals surface area contributed by atoms with E-state index in [4.69, 9.17) is 0 Å². The van der Waals surface area contributed by atoms with Crippen LogP contribution in [-0.4, -0.2) is 36.2 Å². The molecule has 0 radical (unpaired) electrons. The number of nitrogens with one attached hydrogen (secondary N) is 2. The molecule has 0 amide bonds. The van der Waals surface area contributed by atoms with Crippen LogP contribution in [0.25, 0.3) is 11.0 Å². The minimum atomic E-state index is 0.200. The average molecular weight is 338 g/mol. The summed E-state index contributed by atoms with van der Waals surface area (Å²) in [6.07, 6.45) is 8.12. The molecule has 3 aromatic heterocycles. The van der Waals surface area contributed by atoms with Gasteiger partial charge in [-0.3, -0.25) is 0 Å². The fourth-order valence-electron chi connectivity index (χ4n) is 2.71. The molecule has 0 saturated heterocycles. The Labute approximate surface area is 145 Å². The van der Waals surface area contributed by atoms with Gasteiger partial charge in [-0.05, 0) is 44.6 Å². The molecule has 1 aliphatic rings. The third kappa shape index (κ3) is 3.38. The van der Waals surface area contributed by atoms with Gasteiger partial charge in [0.25, 0.3) is 0 Å². The Balaban J connectivity index is 1.62. The molecule has 0 aromatic carbocycles. The number of hydrogen-bond donors (Lipinski definition) is 2. The van der Waals surface area contributed by atoms with Gasteiger partial charge in [0, 0.05) is 12.4 Å². The van der Waals surface area contributed by atoms with Crippen molar-refractivity contribution in [3.05, 3.63) is 18.5 Å². The number of nitrogens with zero attached hydrogens (tertiary/aromatic N) is 6. The van der Waals surface area contributed by atoms with Crippen molar-refractivity contribution >= 4 is 34.8 Å². The van der Waals surface area contributed by atoms with Crippen LogP contribution in [0.15, 0.2) is 23.5 Å². The zero-order chi connectivity index (χ0) is 17.4. The van der Waals surface area contributed by atoms with Gasteiger partial charge in [0.2, 0.25) is 5.95 Å². The number of aromatic amines is 1. The molecule has 0 bridgehead atoms. The van der Waals surface area contributed by atoms with Crippen molar-refractivity contribution in [1.82, 2.24) is 29.9 Å². The normalized spacial score (nSPS) is 16.2. The first-order valence-electron chi connectivity index (χ1n) is 8.68. The summed E-state index contributed by atoms with van der Waals surface area (Å²) in [4.78, 5) is 18.4. The maximum absolute atomic E-state index is 4.63. The van der Waals surface area contributed by atoms with Gasteiger partial charge >= 0.3 is 0 Å². The van der Waals surface area contributed by atoms with Crippen molar-refractivity contribution in [2.24, 2.45) is 16.8 Å². The summed E-state index contributed by atoms with van der Waals surface area (Å²) in [5, 5.41) is 12.6. The van der Waals surface area contributed by atoms with Gasteiger partial charge < -0.3 is 10.3 Å². The standard InChI is InChI=1S/C17H22N8/c1-10(2)25-20-9-14(24-25)21-17-22-15-13(6-7-18-15)16(23-17)19-8-11(3)12-4-5-12/h6-12H,4-5H2,1-3H3,(H2,18,21,22,23,24)/b19-8+. The van der Waals surface area contributed by atoms with Crippen molar-refractivity contribution in [1.29, 1.82) is 0 Å². The molecule has 1 atom stereocenters. The zero-order valence-electron chi connectivity index (χ0n) is 14.6. The lowest BCUT2D eigenvalue weighted by Gasteiger charge is -2.05. The zero-order valence-corrected chi connectivity index (χ0v) is 14.6. The molecule has 8 nitrogen and oxygen atoms in total. The SMILES string of the molecule is CC(/C=N/c1nc(Nc2cnn(C(C)C)n2)nc2[nH]ccc12)C1CC1. The van der Waals surface area contributed by atoms with E-state index in [1.807, 2.05) is 32.3 Å². The van der Waals surface area contributed by atoms with Crippen molar-refractivity contribution in [3.63, 3.8) is 0 Å². The van der Waals surface area contributed by atoms with E-state index in [1.54, 1.807) is 11.0 Å². The van der Waals surface area contributed by atoms with Crippen LogP contribution >= 0.6 is 0 Å². The Bertz CT molecular complexity index is 902. The molecule has 1 aliphatic carbocycles. The summed E-state index contributed by atoms with van der Waals surface area (Å²) in [5.74, 6) is 2.98. The lowest BCUT2D eigenvalue weighted by atomic mass is 10.1. The lowest BCUT2D eigenvalue weighted by molar-refractivity contribution is 0.467. The van der Waals surface area contributed by atoms with E-state index in [0.29, 0.717) is 23.5 Å². The van der Waals surface area contributed by atoms with Gasteiger partial charge in [-0.1, -0.05) is 6.92 Å². The highest BCUT2D eigenvalue weighted by Gasteiger charge is 2.26. The lowest BCUT2D eigenvalue weighted by Crippen LogP contribution is -2.05. The van der Waals surface area contributed by atoms with Crippen LogP contribution in [0.5, 0.6) is 0 Å². The molecular weight excluding hydrogens is 316 g/mol. The van der Waals surface area contributed by atoms with Crippen molar-refractivity contribution in [3.8, 4) is 0 Å². The van der Waals surface area contributed by atoms with Crippen LogP contribution in [0.4, 0.5) is 17.6 Å². The molecule has 4 rings (SSSR count).